The van der Waals surface area contributed by atoms with E-state index in [1.54, 1.807) is 17.8 Å². The van der Waals surface area contributed by atoms with Gasteiger partial charge in [0.15, 0.2) is 0 Å². The highest BCUT2D eigenvalue weighted by molar-refractivity contribution is 6.58. The quantitative estimate of drug-likeness (QED) is 0.564. The molecule has 0 aliphatic carbocycles. The Morgan fingerprint density at radius 2 is 2.14 bits per heavy atom. The molecule has 0 saturated carbocycles. The molecule has 72 valence electrons. The van der Waals surface area contributed by atoms with Gasteiger partial charge in [-0.05, 0) is 13.0 Å². The maximum absolute atomic E-state index is 8.97. The lowest BCUT2D eigenvalue weighted by Gasteiger charge is -1.99. The summed E-state index contributed by atoms with van der Waals surface area (Å²) in [4.78, 5) is 4.12. The topological polar surface area (TPSA) is 71.2 Å². The molecule has 5 nitrogen and oxygen atoms in total. The molecule has 14 heavy (non-hydrogen) atoms. The molecule has 2 rings (SSSR count). The van der Waals surface area contributed by atoms with E-state index in [1.165, 1.54) is 6.20 Å². The minimum absolute atomic E-state index is 0.375. The number of hydrogen-bond acceptors (Lipinski definition) is 4. The Morgan fingerprint density at radius 1 is 1.43 bits per heavy atom. The van der Waals surface area contributed by atoms with Crippen molar-refractivity contribution < 1.29 is 10.0 Å². The first-order valence-corrected chi connectivity index (χ1v) is 4.25. The van der Waals surface area contributed by atoms with Gasteiger partial charge in [0, 0.05) is 18.7 Å². The van der Waals surface area contributed by atoms with Gasteiger partial charge < -0.3 is 10.0 Å². The molecule has 0 fully saturated rings. The molecule has 6 heteroatoms. The summed E-state index contributed by atoms with van der Waals surface area (Å²) < 4.78 is 1.67. The zero-order chi connectivity index (χ0) is 10.3. The molecule has 0 saturated heterocycles. The van der Waals surface area contributed by atoms with Crippen LogP contribution >= 0.6 is 0 Å². The van der Waals surface area contributed by atoms with Gasteiger partial charge in [0.25, 0.3) is 0 Å². The molecule has 0 aromatic carbocycles. The predicted molar refractivity (Wildman–Crippen MR) is 53.1 cm³/mol. The molecule has 2 aromatic rings. The maximum Gasteiger partial charge on any atom is 0.490 e. The van der Waals surface area contributed by atoms with E-state index in [4.69, 9.17) is 10.0 Å². The van der Waals surface area contributed by atoms with Crippen molar-refractivity contribution in [1.82, 2.24) is 14.8 Å². The fourth-order valence-electron chi connectivity index (χ4n) is 1.46. The highest BCUT2D eigenvalue weighted by Crippen LogP contribution is 2.12. The molecule has 0 bridgehead atoms. The smallest absolute Gasteiger partial charge is 0.423 e. The fraction of sp³-hybridized carbons (Fsp3) is 0.250. The zero-order valence-electron chi connectivity index (χ0n) is 7.97. The minimum atomic E-state index is -1.48. The standard InChI is InChI=1S/C8H10BN3O2/c1-5-8-7(12(2)11-5)3-6(4-10-8)9(13)14/h3-4,13-14H,1-2H3. The molecule has 2 N–H and O–H groups in total. The molecule has 2 heterocycles. The second kappa shape index (κ2) is 3.07. The first-order chi connectivity index (χ1) is 6.59. The van der Waals surface area contributed by atoms with E-state index in [0.29, 0.717) is 5.46 Å². The summed E-state index contributed by atoms with van der Waals surface area (Å²) in [6.07, 6.45) is 1.45. The van der Waals surface area contributed by atoms with Gasteiger partial charge in [-0.25, -0.2) is 0 Å². The van der Waals surface area contributed by atoms with Crippen LogP contribution < -0.4 is 5.46 Å². The van der Waals surface area contributed by atoms with E-state index in [2.05, 4.69) is 10.1 Å². The van der Waals surface area contributed by atoms with Crippen molar-refractivity contribution in [1.29, 1.82) is 0 Å². The van der Waals surface area contributed by atoms with Crippen molar-refractivity contribution in [2.45, 2.75) is 6.92 Å². The Hall–Kier alpha value is -1.40. The first-order valence-electron chi connectivity index (χ1n) is 4.25. The highest BCUT2D eigenvalue weighted by atomic mass is 16.4. The lowest BCUT2D eigenvalue weighted by molar-refractivity contribution is 0.425. The Balaban J connectivity index is 2.71. The van der Waals surface area contributed by atoms with E-state index in [9.17, 15) is 0 Å². The highest BCUT2D eigenvalue weighted by Gasteiger charge is 2.14. The second-order valence-electron chi connectivity index (χ2n) is 3.22. The van der Waals surface area contributed by atoms with Crippen LogP contribution in [0.25, 0.3) is 11.0 Å². The largest absolute Gasteiger partial charge is 0.490 e. The van der Waals surface area contributed by atoms with Gasteiger partial charge in [0.1, 0.15) is 5.52 Å². The molecule has 0 atom stereocenters. The molecule has 0 radical (unpaired) electrons. The van der Waals surface area contributed by atoms with E-state index >= 15 is 0 Å². The normalized spacial score (nSPS) is 10.9. The SMILES string of the molecule is Cc1nn(C)c2cc(B(O)O)cnc12. The van der Waals surface area contributed by atoms with E-state index in [0.717, 1.165) is 16.7 Å². The summed E-state index contributed by atoms with van der Waals surface area (Å²) in [5.41, 5.74) is 2.80. The average Bonchev–Trinajstić information content (AvgIpc) is 2.42. The molecule has 0 aliphatic heterocycles. The maximum atomic E-state index is 8.97. The third kappa shape index (κ3) is 1.28. The summed E-state index contributed by atoms with van der Waals surface area (Å²) in [6, 6.07) is 1.67. The van der Waals surface area contributed by atoms with E-state index in [1.807, 2.05) is 6.92 Å². The lowest BCUT2D eigenvalue weighted by Crippen LogP contribution is -2.30. The number of rotatable bonds is 1. The fourth-order valence-corrected chi connectivity index (χ4v) is 1.46. The summed E-state index contributed by atoms with van der Waals surface area (Å²) in [5, 5.41) is 22.1. The minimum Gasteiger partial charge on any atom is -0.423 e. The van der Waals surface area contributed by atoms with Gasteiger partial charge in [-0.1, -0.05) is 0 Å². The van der Waals surface area contributed by atoms with Gasteiger partial charge in [0.05, 0.1) is 11.2 Å². The predicted octanol–water partition coefficient (Wildman–Crippen LogP) is -1.04. The van der Waals surface area contributed by atoms with E-state index < -0.39 is 7.12 Å². The molecular weight excluding hydrogens is 181 g/mol. The van der Waals surface area contributed by atoms with E-state index in [-0.39, 0.29) is 0 Å². The molecule has 2 aromatic heterocycles. The van der Waals surface area contributed by atoms with Crippen LogP contribution in [0.15, 0.2) is 12.3 Å². The number of hydrogen-bond donors (Lipinski definition) is 2. The Morgan fingerprint density at radius 3 is 2.79 bits per heavy atom. The van der Waals surface area contributed by atoms with Gasteiger partial charge >= 0.3 is 7.12 Å². The molecule has 0 aliphatic rings. The van der Waals surface area contributed by atoms with Gasteiger partial charge in [-0.2, -0.15) is 5.10 Å². The number of fused-ring (bicyclic) bond motifs is 1. The Kier molecular flexibility index (Phi) is 2.01. The molecule has 0 unspecified atom stereocenters. The van der Waals surface area contributed by atoms with Crippen molar-refractivity contribution in [3.05, 3.63) is 18.0 Å². The van der Waals surface area contributed by atoms with Crippen LogP contribution in [-0.4, -0.2) is 31.9 Å². The third-order valence-electron chi connectivity index (χ3n) is 2.18. The van der Waals surface area contributed by atoms with Crippen LogP contribution in [0.4, 0.5) is 0 Å². The molecule has 0 amide bonds. The molecule has 0 spiro atoms. The summed E-state index contributed by atoms with van der Waals surface area (Å²) in [5.74, 6) is 0. The number of aromatic nitrogens is 3. The second-order valence-corrected chi connectivity index (χ2v) is 3.22. The van der Waals surface area contributed by atoms with Crippen LogP contribution in [0.5, 0.6) is 0 Å². The number of pyridine rings is 1. The van der Waals surface area contributed by atoms with Crippen LogP contribution in [0.3, 0.4) is 0 Å². The third-order valence-corrected chi connectivity index (χ3v) is 2.18. The molecular formula is C8H10BN3O2. The van der Waals surface area contributed by atoms with Gasteiger partial charge in [0.2, 0.25) is 0 Å². The van der Waals surface area contributed by atoms with Crippen molar-refractivity contribution in [2.75, 3.05) is 0 Å². The summed E-state index contributed by atoms with van der Waals surface area (Å²) in [6.45, 7) is 1.87. The monoisotopic (exact) mass is 191 g/mol. The van der Waals surface area contributed by atoms with Crippen LogP contribution in [-0.2, 0) is 7.05 Å². The van der Waals surface area contributed by atoms with Crippen molar-refractivity contribution in [3.8, 4) is 0 Å². The zero-order valence-corrected chi connectivity index (χ0v) is 7.97. The van der Waals surface area contributed by atoms with Crippen molar-refractivity contribution >= 4 is 23.6 Å². The van der Waals surface area contributed by atoms with Crippen LogP contribution in [0.1, 0.15) is 5.69 Å². The lowest BCUT2D eigenvalue weighted by atomic mass is 9.81. The van der Waals surface area contributed by atoms with Crippen LogP contribution in [0.2, 0.25) is 0 Å². The number of nitrogens with zero attached hydrogens (tertiary/aromatic N) is 3. The summed E-state index contributed by atoms with van der Waals surface area (Å²) >= 11 is 0. The first kappa shape index (κ1) is 9.17. The Bertz CT molecular complexity index is 481. The van der Waals surface area contributed by atoms with Crippen LogP contribution in [0, 0.1) is 6.92 Å². The van der Waals surface area contributed by atoms with Crippen molar-refractivity contribution in [3.63, 3.8) is 0 Å². The van der Waals surface area contributed by atoms with Gasteiger partial charge in [-0.3, -0.25) is 9.67 Å². The number of aryl methyl sites for hydroxylation is 2. The average molecular weight is 191 g/mol. The van der Waals surface area contributed by atoms with Crippen molar-refractivity contribution in [2.24, 2.45) is 7.05 Å². The Labute approximate surface area is 81.2 Å². The van der Waals surface area contributed by atoms with Gasteiger partial charge in [-0.15, -0.1) is 0 Å². The summed E-state index contributed by atoms with van der Waals surface area (Å²) in [7, 11) is 0.312.